The van der Waals surface area contributed by atoms with Crippen molar-refractivity contribution in [2.75, 3.05) is 5.32 Å². The Balaban J connectivity index is 1.75. The molecular formula is C23H21BrN2O2. The van der Waals surface area contributed by atoms with E-state index in [-0.39, 0.29) is 18.2 Å². The minimum atomic E-state index is -0.426. The molecule has 5 heteroatoms. The van der Waals surface area contributed by atoms with Crippen molar-refractivity contribution >= 4 is 33.4 Å². The van der Waals surface area contributed by atoms with E-state index in [1.54, 1.807) is 12.1 Å². The highest BCUT2D eigenvalue weighted by Crippen LogP contribution is 2.22. The molecule has 0 aliphatic heterocycles. The fourth-order valence-electron chi connectivity index (χ4n) is 2.92. The summed E-state index contributed by atoms with van der Waals surface area (Å²) in [5.74, 6) is -0.366. The lowest BCUT2D eigenvalue weighted by atomic mass is 10.0. The summed E-state index contributed by atoms with van der Waals surface area (Å²) in [7, 11) is 0. The molecule has 2 N–H and O–H groups in total. The van der Waals surface area contributed by atoms with Crippen molar-refractivity contribution in [1.29, 1.82) is 0 Å². The molecule has 0 saturated carbocycles. The highest BCUT2D eigenvalue weighted by Gasteiger charge is 2.19. The van der Waals surface area contributed by atoms with Gasteiger partial charge in [0.2, 0.25) is 5.91 Å². The van der Waals surface area contributed by atoms with Gasteiger partial charge in [-0.3, -0.25) is 9.59 Å². The summed E-state index contributed by atoms with van der Waals surface area (Å²) in [6.07, 6.45) is 0.137. The van der Waals surface area contributed by atoms with Gasteiger partial charge in [0.15, 0.2) is 0 Å². The fourth-order valence-corrected chi connectivity index (χ4v) is 3.40. The number of amides is 2. The molecule has 1 atom stereocenters. The summed E-state index contributed by atoms with van der Waals surface area (Å²) in [6.45, 7) is 1.94. The second kappa shape index (κ2) is 9.33. The third kappa shape index (κ3) is 5.30. The van der Waals surface area contributed by atoms with Crippen molar-refractivity contribution in [3.05, 3.63) is 100 Å². The quantitative estimate of drug-likeness (QED) is 0.553. The van der Waals surface area contributed by atoms with Crippen LogP contribution in [-0.4, -0.2) is 11.8 Å². The van der Waals surface area contributed by atoms with E-state index in [0.717, 1.165) is 21.3 Å². The molecule has 0 aliphatic carbocycles. The van der Waals surface area contributed by atoms with Gasteiger partial charge in [0.25, 0.3) is 5.91 Å². The van der Waals surface area contributed by atoms with Gasteiger partial charge in [0.05, 0.1) is 12.5 Å². The zero-order chi connectivity index (χ0) is 19.9. The molecule has 0 saturated heterocycles. The number of rotatable bonds is 6. The lowest BCUT2D eigenvalue weighted by molar-refractivity contribution is -0.116. The summed E-state index contributed by atoms with van der Waals surface area (Å²) in [5.41, 5.74) is 3.17. The maximum absolute atomic E-state index is 12.7. The Hall–Kier alpha value is -2.92. The van der Waals surface area contributed by atoms with Crippen LogP contribution in [0, 0.1) is 6.92 Å². The minimum absolute atomic E-state index is 0.137. The average molecular weight is 437 g/mol. The van der Waals surface area contributed by atoms with E-state index >= 15 is 0 Å². The molecule has 0 heterocycles. The second-order valence-electron chi connectivity index (χ2n) is 6.51. The third-order valence-electron chi connectivity index (χ3n) is 4.40. The van der Waals surface area contributed by atoms with E-state index in [0.29, 0.717) is 5.56 Å². The van der Waals surface area contributed by atoms with Crippen LogP contribution in [0.3, 0.4) is 0 Å². The third-order valence-corrected chi connectivity index (χ3v) is 4.89. The molecule has 0 radical (unpaired) electrons. The summed E-state index contributed by atoms with van der Waals surface area (Å²) in [4.78, 5) is 25.3. The molecule has 4 nitrogen and oxygen atoms in total. The van der Waals surface area contributed by atoms with E-state index in [1.165, 1.54) is 0 Å². The fraction of sp³-hybridized carbons (Fsp3) is 0.130. The molecule has 0 fully saturated rings. The molecule has 0 unspecified atom stereocenters. The molecule has 0 aliphatic rings. The molecule has 3 aromatic rings. The first-order valence-electron chi connectivity index (χ1n) is 9.00. The van der Waals surface area contributed by atoms with Crippen LogP contribution in [0.1, 0.15) is 33.9 Å². The van der Waals surface area contributed by atoms with Gasteiger partial charge in [-0.25, -0.2) is 0 Å². The van der Waals surface area contributed by atoms with E-state index in [1.807, 2.05) is 73.7 Å². The van der Waals surface area contributed by atoms with Crippen molar-refractivity contribution in [3.63, 3.8) is 0 Å². The lowest BCUT2D eigenvalue weighted by Crippen LogP contribution is -2.31. The van der Waals surface area contributed by atoms with Crippen molar-refractivity contribution in [1.82, 2.24) is 5.32 Å². The summed E-state index contributed by atoms with van der Waals surface area (Å²) >= 11 is 3.42. The molecular weight excluding hydrogens is 416 g/mol. The van der Waals surface area contributed by atoms with Crippen LogP contribution in [0.25, 0.3) is 0 Å². The van der Waals surface area contributed by atoms with Gasteiger partial charge in [-0.2, -0.15) is 0 Å². The predicted molar refractivity (Wildman–Crippen MR) is 115 cm³/mol. The van der Waals surface area contributed by atoms with Crippen molar-refractivity contribution in [2.24, 2.45) is 0 Å². The lowest BCUT2D eigenvalue weighted by Gasteiger charge is -2.19. The molecule has 0 bridgehead atoms. The molecule has 142 valence electrons. The van der Waals surface area contributed by atoms with Crippen LogP contribution in [0.5, 0.6) is 0 Å². The van der Waals surface area contributed by atoms with Crippen LogP contribution in [0.15, 0.2) is 83.3 Å². The van der Waals surface area contributed by atoms with Gasteiger partial charge < -0.3 is 10.6 Å². The maximum atomic E-state index is 12.7. The summed E-state index contributed by atoms with van der Waals surface area (Å²) in [6, 6.07) is 23.8. The number of nitrogens with one attached hydrogen (secondary N) is 2. The molecule has 0 spiro atoms. The maximum Gasteiger partial charge on any atom is 0.251 e. The monoisotopic (exact) mass is 436 g/mol. The Morgan fingerprint density at radius 3 is 2.21 bits per heavy atom. The Bertz CT molecular complexity index is 959. The van der Waals surface area contributed by atoms with Crippen molar-refractivity contribution in [3.8, 4) is 0 Å². The number of halogens is 1. The average Bonchev–Trinajstić information content (AvgIpc) is 2.71. The Labute approximate surface area is 173 Å². The molecule has 3 rings (SSSR count). The van der Waals surface area contributed by atoms with Crippen LogP contribution < -0.4 is 10.6 Å². The van der Waals surface area contributed by atoms with E-state index in [2.05, 4.69) is 26.6 Å². The van der Waals surface area contributed by atoms with E-state index < -0.39 is 6.04 Å². The number of benzene rings is 3. The van der Waals surface area contributed by atoms with Crippen molar-refractivity contribution < 1.29 is 9.59 Å². The normalized spacial score (nSPS) is 11.5. The standard InChI is InChI=1S/C23H21BrN2O2/c1-16-14-19(24)12-13-20(16)25-22(27)15-21(17-8-4-2-5-9-17)26-23(28)18-10-6-3-7-11-18/h2-14,21H,15H2,1H3,(H,25,27)(H,26,28)/t21-/m0/s1. The van der Waals surface area contributed by atoms with Gasteiger partial charge in [-0.15, -0.1) is 0 Å². The van der Waals surface area contributed by atoms with Crippen LogP contribution in [0.4, 0.5) is 5.69 Å². The predicted octanol–water partition coefficient (Wildman–Crippen LogP) is 5.26. The van der Waals surface area contributed by atoms with Gasteiger partial charge in [0, 0.05) is 15.7 Å². The van der Waals surface area contributed by atoms with Crippen LogP contribution in [0.2, 0.25) is 0 Å². The number of carbonyl (C=O) groups excluding carboxylic acids is 2. The zero-order valence-electron chi connectivity index (χ0n) is 15.5. The molecule has 0 aromatic heterocycles. The van der Waals surface area contributed by atoms with E-state index in [9.17, 15) is 9.59 Å². The van der Waals surface area contributed by atoms with Gasteiger partial charge in [-0.05, 0) is 48.4 Å². The zero-order valence-corrected chi connectivity index (χ0v) is 17.1. The smallest absolute Gasteiger partial charge is 0.251 e. The SMILES string of the molecule is Cc1cc(Br)ccc1NC(=O)C[C@H](NC(=O)c1ccccc1)c1ccccc1. The number of carbonyl (C=O) groups is 2. The highest BCUT2D eigenvalue weighted by molar-refractivity contribution is 9.10. The number of anilines is 1. The van der Waals surface area contributed by atoms with Gasteiger partial charge in [-0.1, -0.05) is 64.5 Å². The minimum Gasteiger partial charge on any atom is -0.345 e. The van der Waals surface area contributed by atoms with E-state index in [4.69, 9.17) is 0 Å². The molecule has 3 aromatic carbocycles. The Morgan fingerprint density at radius 1 is 0.929 bits per heavy atom. The first-order chi connectivity index (χ1) is 13.5. The van der Waals surface area contributed by atoms with Gasteiger partial charge in [0.1, 0.15) is 0 Å². The van der Waals surface area contributed by atoms with Crippen molar-refractivity contribution in [2.45, 2.75) is 19.4 Å². The number of aryl methyl sites for hydroxylation is 1. The first kappa shape index (κ1) is 19.8. The summed E-state index contributed by atoms with van der Waals surface area (Å²) < 4.78 is 0.959. The number of hydrogen-bond acceptors (Lipinski definition) is 2. The molecule has 28 heavy (non-hydrogen) atoms. The van der Waals surface area contributed by atoms with Gasteiger partial charge >= 0.3 is 0 Å². The number of hydrogen-bond donors (Lipinski definition) is 2. The first-order valence-corrected chi connectivity index (χ1v) is 9.79. The highest BCUT2D eigenvalue weighted by atomic mass is 79.9. The molecule has 2 amide bonds. The Morgan fingerprint density at radius 2 is 1.57 bits per heavy atom. The topological polar surface area (TPSA) is 58.2 Å². The van der Waals surface area contributed by atoms with Crippen LogP contribution >= 0.6 is 15.9 Å². The Kier molecular flexibility index (Phi) is 6.61. The summed E-state index contributed by atoms with van der Waals surface area (Å²) in [5, 5.41) is 5.92. The largest absolute Gasteiger partial charge is 0.345 e. The second-order valence-corrected chi connectivity index (χ2v) is 7.43. The van der Waals surface area contributed by atoms with Crippen LogP contribution in [-0.2, 0) is 4.79 Å².